The highest BCUT2D eigenvalue weighted by Crippen LogP contribution is 2.89. The van der Waals surface area contributed by atoms with E-state index in [1.54, 1.807) is 0 Å². The Bertz CT molecular complexity index is 374. The van der Waals surface area contributed by atoms with Gasteiger partial charge in [-0.1, -0.05) is 55.4 Å². The van der Waals surface area contributed by atoms with Gasteiger partial charge in [-0.15, -0.1) is 0 Å². The van der Waals surface area contributed by atoms with E-state index in [9.17, 15) is 0 Å². The second kappa shape index (κ2) is 3.08. The average molecular weight is 264 g/mol. The third-order valence-electron chi connectivity index (χ3n) is 9.23. The second-order valence-corrected chi connectivity index (χ2v) is 9.66. The molecule has 0 aromatic rings. The predicted octanol–water partition coefficient (Wildman–Crippen LogP) is 4.90. The molecule has 1 heteroatoms. The monoisotopic (exact) mass is 264 g/mol. The van der Waals surface area contributed by atoms with Crippen molar-refractivity contribution in [3.05, 3.63) is 0 Å². The molecule has 0 unspecified atom stereocenters. The Morgan fingerprint density at radius 1 is 0.526 bits per heavy atom. The number of hydrogen-bond acceptors (Lipinski definition) is 1. The zero-order valence-corrected chi connectivity index (χ0v) is 14.2. The molecule has 0 atom stereocenters. The SMILES string of the molecule is CC1(C)C(C)(C)C12CC2.CC1(C)C(C)(C)C12COC2. The molecule has 1 heterocycles. The molecule has 3 saturated carbocycles. The Balaban J connectivity index is 0.000000117. The second-order valence-electron chi connectivity index (χ2n) is 9.66. The van der Waals surface area contributed by atoms with Gasteiger partial charge in [-0.25, -0.2) is 0 Å². The summed E-state index contributed by atoms with van der Waals surface area (Å²) in [5.74, 6) is 0. The lowest BCUT2D eigenvalue weighted by molar-refractivity contribution is -0.0806. The van der Waals surface area contributed by atoms with E-state index in [-0.39, 0.29) is 0 Å². The van der Waals surface area contributed by atoms with Crippen LogP contribution in [0.3, 0.4) is 0 Å². The molecule has 1 saturated heterocycles. The van der Waals surface area contributed by atoms with Gasteiger partial charge >= 0.3 is 0 Å². The quantitative estimate of drug-likeness (QED) is 0.604. The summed E-state index contributed by atoms with van der Waals surface area (Å²) in [7, 11) is 0. The van der Waals surface area contributed by atoms with Crippen LogP contribution >= 0.6 is 0 Å². The van der Waals surface area contributed by atoms with Gasteiger partial charge in [-0.3, -0.25) is 0 Å². The maximum atomic E-state index is 5.27. The lowest BCUT2D eigenvalue weighted by Crippen LogP contribution is -2.35. The first kappa shape index (κ1) is 13.9. The Morgan fingerprint density at radius 3 is 0.842 bits per heavy atom. The number of hydrogen-bond donors (Lipinski definition) is 0. The van der Waals surface area contributed by atoms with Crippen molar-refractivity contribution in [3.63, 3.8) is 0 Å². The van der Waals surface area contributed by atoms with Gasteiger partial charge in [0.15, 0.2) is 0 Å². The fourth-order valence-electron chi connectivity index (χ4n) is 5.49. The molecule has 0 aromatic carbocycles. The van der Waals surface area contributed by atoms with Gasteiger partial charge in [-0.2, -0.15) is 0 Å². The van der Waals surface area contributed by atoms with Gasteiger partial charge < -0.3 is 4.74 Å². The van der Waals surface area contributed by atoms with Crippen LogP contribution in [0, 0.1) is 32.5 Å². The van der Waals surface area contributed by atoms with Crippen molar-refractivity contribution in [1.82, 2.24) is 0 Å². The third kappa shape index (κ3) is 1.15. The minimum atomic E-state index is 0.512. The first-order valence-electron chi connectivity index (χ1n) is 7.99. The molecule has 4 rings (SSSR count). The average Bonchev–Trinajstić information content (AvgIpc) is 3.03. The first-order valence-corrected chi connectivity index (χ1v) is 7.99. The van der Waals surface area contributed by atoms with Gasteiger partial charge in [0, 0.05) is 5.41 Å². The third-order valence-corrected chi connectivity index (χ3v) is 9.23. The van der Waals surface area contributed by atoms with Gasteiger partial charge in [0.05, 0.1) is 13.2 Å². The summed E-state index contributed by atoms with van der Waals surface area (Å²) in [6.45, 7) is 21.1. The van der Waals surface area contributed by atoms with Gasteiger partial charge in [-0.05, 0) is 39.9 Å². The van der Waals surface area contributed by atoms with E-state index in [1.807, 2.05) is 0 Å². The molecular weight excluding hydrogens is 232 g/mol. The molecule has 0 amide bonds. The molecule has 0 aromatic heterocycles. The van der Waals surface area contributed by atoms with Gasteiger partial charge in [0.1, 0.15) is 0 Å². The summed E-state index contributed by atoms with van der Waals surface area (Å²) in [5, 5.41) is 0. The minimum Gasteiger partial charge on any atom is -0.380 e. The van der Waals surface area contributed by atoms with Crippen molar-refractivity contribution in [2.24, 2.45) is 32.5 Å². The standard InChI is InChI=1S/C9H16O.C9H16/c1-7(2)8(3,4)9(7)5-10-6-9;1-7(2)8(3,4)9(7)5-6-9/h5-6H2,1-4H3;5-6H2,1-4H3. The Kier molecular flexibility index (Phi) is 2.26. The summed E-state index contributed by atoms with van der Waals surface area (Å²) >= 11 is 0. The van der Waals surface area contributed by atoms with Crippen molar-refractivity contribution < 1.29 is 4.74 Å². The van der Waals surface area contributed by atoms with E-state index in [0.717, 1.165) is 18.6 Å². The van der Waals surface area contributed by atoms with Crippen molar-refractivity contribution in [3.8, 4) is 0 Å². The zero-order valence-electron chi connectivity index (χ0n) is 14.2. The Hall–Kier alpha value is -0.0400. The molecule has 2 spiro atoms. The number of rotatable bonds is 0. The predicted molar refractivity (Wildman–Crippen MR) is 80.0 cm³/mol. The van der Waals surface area contributed by atoms with Crippen LogP contribution in [0.4, 0.5) is 0 Å². The lowest BCUT2D eigenvalue weighted by atomic mass is 9.93. The molecule has 4 aliphatic rings. The summed E-state index contributed by atoms with van der Waals surface area (Å²) in [4.78, 5) is 0. The summed E-state index contributed by atoms with van der Waals surface area (Å²) in [6.07, 6.45) is 2.99. The summed E-state index contributed by atoms with van der Waals surface area (Å²) in [6, 6.07) is 0. The Morgan fingerprint density at radius 2 is 0.842 bits per heavy atom. The van der Waals surface area contributed by atoms with Crippen molar-refractivity contribution in [2.75, 3.05) is 13.2 Å². The summed E-state index contributed by atoms with van der Waals surface area (Å²) in [5.41, 5.74) is 3.66. The van der Waals surface area contributed by atoms with Crippen LogP contribution in [-0.2, 0) is 4.74 Å². The number of ether oxygens (including phenoxy) is 1. The van der Waals surface area contributed by atoms with E-state index < -0.39 is 0 Å². The molecule has 0 bridgehead atoms. The first-order chi connectivity index (χ1) is 8.41. The van der Waals surface area contributed by atoms with E-state index in [1.165, 1.54) is 12.8 Å². The Labute approximate surface area is 119 Å². The highest BCUT2D eigenvalue weighted by molar-refractivity contribution is 5.30. The minimum absolute atomic E-state index is 0.512. The van der Waals surface area contributed by atoms with E-state index in [0.29, 0.717) is 27.1 Å². The van der Waals surface area contributed by atoms with E-state index >= 15 is 0 Å². The van der Waals surface area contributed by atoms with E-state index in [4.69, 9.17) is 4.74 Å². The molecule has 3 aliphatic carbocycles. The maximum Gasteiger partial charge on any atom is 0.0555 e. The van der Waals surface area contributed by atoms with Gasteiger partial charge in [0.25, 0.3) is 0 Å². The molecule has 1 nitrogen and oxygen atoms in total. The fraction of sp³-hybridized carbons (Fsp3) is 1.00. The van der Waals surface area contributed by atoms with Crippen LogP contribution in [0.1, 0.15) is 68.2 Å². The lowest BCUT2D eigenvalue weighted by Gasteiger charge is -2.31. The topological polar surface area (TPSA) is 9.23 Å². The van der Waals surface area contributed by atoms with E-state index in [2.05, 4.69) is 55.4 Å². The molecule has 0 radical (unpaired) electrons. The van der Waals surface area contributed by atoms with Gasteiger partial charge in [0.2, 0.25) is 0 Å². The highest BCUT2D eigenvalue weighted by atomic mass is 16.5. The fourth-order valence-corrected chi connectivity index (χ4v) is 5.49. The van der Waals surface area contributed by atoms with Crippen LogP contribution in [0.25, 0.3) is 0 Å². The van der Waals surface area contributed by atoms with Crippen LogP contribution in [0.2, 0.25) is 0 Å². The van der Waals surface area contributed by atoms with Crippen molar-refractivity contribution >= 4 is 0 Å². The maximum absolute atomic E-state index is 5.27. The molecule has 0 N–H and O–H groups in total. The zero-order chi connectivity index (χ0) is 14.5. The summed E-state index contributed by atoms with van der Waals surface area (Å²) < 4.78 is 5.27. The van der Waals surface area contributed by atoms with Crippen LogP contribution < -0.4 is 0 Å². The van der Waals surface area contributed by atoms with Crippen molar-refractivity contribution in [1.29, 1.82) is 0 Å². The molecular formula is C18H32O. The van der Waals surface area contributed by atoms with Crippen LogP contribution in [0.15, 0.2) is 0 Å². The van der Waals surface area contributed by atoms with Crippen molar-refractivity contribution in [2.45, 2.75) is 68.2 Å². The molecule has 19 heavy (non-hydrogen) atoms. The molecule has 4 fully saturated rings. The van der Waals surface area contributed by atoms with Crippen LogP contribution in [-0.4, -0.2) is 13.2 Å². The highest BCUT2D eigenvalue weighted by Gasteiger charge is 2.82. The van der Waals surface area contributed by atoms with Crippen LogP contribution in [0.5, 0.6) is 0 Å². The normalized spacial score (nSPS) is 37.9. The largest absolute Gasteiger partial charge is 0.380 e. The smallest absolute Gasteiger partial charge is 0.0555 e. The molecule has 1 aliphatic heterocycles. The molecule has 110 valence electrons.